The molecule has 4 unspecified atom stereocenters. The maximum absolute atomic E-state index is 10.3. The van der Waals surface area contributed by atoms with Crippen LogP contribution in [0.4, 0.5) is 0 Å². The zero-order chi connectivity index (χ0) is 11.0. The lowest BCUT2D eigenvalue weighted by molar-refractivity contribution is -0.0827. The summed E-state index contributed by atoms with van der Waals surface area (Å²) in [4.78, 5) is 2.57. The van der Waals surface area contributed by atoms with Crippen LogP contribution in [0.25, 0.3) is 0 Å². The van der Waals surface area contributed by atoms with Crippen molar-refractivity contribution in [1.82, 2.24) is 4.90 Å². The smallest absolute Gasteiger partial charge is 0.0611 e. The number of hydrogen-bond acceptors (Lipinski definition) is 3. The molecule has 92 valence electrons. The second-order valence-corrected chi connectivity index (χ2v) is 5.64. The fraction of sp³-hybridized carbons (Fsp3) is 1.00. The van der Waals surface area contributed by atoms with Crippen LogP contribution in [-0.4, -0.2) is 48.5 Å². The van der Waals surface area contributed by atoms with E-state index in [-0.39, 0.29) is 6.10 Å². The predicted molar refractivity (Wildman–Crippen MR) is 62.3 cm³/mol. The molecule has 3 nitrogen and oxygen atoms in total. The van der Waals surface area contributed by atoms with Crippen LogP contribution in [0.15, 0.2) is 0 Å². The molecule has 1 aliphatic heterocycles. The molecule has 3 fully saturated rings. The van der Waals surface area contributed by atoms with E-state index in [1.165, 1.54) is 32.1 Å². The molecule has 0 spiro atoms. The van der Waals surface area contributed by atoms with Crippen molar-refractivity contribution >= 4 is 0 Å². The van der Waals surface area contributed by atoms with Crippen LogP contribution in [0.2, 0.25) is 0 Å². The summed E-state index contributed by atoms with van der Waals surface area (Å²) in [5, 5.41) is 10.3. The number of fused-ring (bicyclic) bond motifs is 2. The van der Waals surface area contributed by atoms with Gasteiger partial charge in [0.2, 0.25) is 0 Å². The van der Waals surface area contributed by atoms with Gasteiger partial charge in [-0.1, -0.05) is 6.42 Å². The highest BCUT2D eigenvalue weighted by atomic mass is 16.5. The molecule has 0 amide bonds. The van der Waals surface area contributed by atoms with Crippen molar-refractivity contribution in [3.63, 3.8) is 0 Å². The number of rotatable bonds is 1. The second kappa shape index (κ2) is 4.63. The first-order chi connectivity index (χ1) is 7.86. The Morgan fingerprint density at radius 3 is 2.62 bits per heavy atom. The molecule has 0 aromatic rings. The van der Waals surface area contributed by atoms with E-state index in [4.69, 9.17) is 4.74 Å². The molecule has 0 aromatic carbocycles. The number of nitrogens with zero attached hydrogens (tertiary/aromatic N) is 1. The summed E-state index contributed by atoms with van der Waals surface area (Å²) in [6.07, 6.45) is 6.34. The minimum atomic E-state index is -0.0182. The van der Waals surface area contributed by atoms with Crippen LogP contribution in [0.1, 0.15) is 32.1 Å². The minimum absolute atomic E-state index is 0.0182. The van der Waals surface area contributed by atoms with E-state index in [1.807, 2.05) is 0 Å². The predicted octanol–water partition coefficient (Wildman–Crippen LogP) is 1.26. The highest BCUT2D eigenvalue weighted by molar-refractivity contribution is 4.95. The molecule has 3 aliphatic rings. The molecule has 1 heterocycles. The van der Waals surface area contributed by atoms with E-state index in [1.54, 1.807) is 0 Å². The van der Waals surface area contributed by atoms with Crippen LogP contribution >= 0.6 is 0 Å². The third kappa shape index (κ3) is 1.89. The molecule has 16 heavy (non-hydrogen) atoms. The monoisotopic (exact) mass is 225 g/mol. The first-order valence-electron chi connectivity index (χ1n) is 6.86. The molecule has 0 aromatic heterocycles. The zero-order valence-electron chi connectivity index (χ0n) is 9.98. The van der Waals surface area contributed by atoms with Crippen molar-refractivity contribution in [2.24, 2.45) is 11.8 Å². The van der Waals surface area contributed by atoms with E-state index in [0.717, 1.165) is 26.3 Å². The topological polar surface area (TPSA) is 32.7 Å². The number of aliphatic hydroxyl groups is 1. The minimum Gasteiger partial charge on any atom is -0.392 e. The van der Waals surface area contributed by atoms with Crippen molar-refractivity contribution in [3.8, 4) is 0 Å². The normalized spacial score (nSPS) is 45.6. The summed E-state index contributed by atoms with van der Waals surface area (Å²) in [7, 11) is 0. The maximum atomic E-state index is 10.3. The number of morpholine rings is 1. The molecule has 3 rings (SSSR count). The summed E-state index contributed by atoms with van der Waals surface area (Å²) >= 11 is 0. The van der Waals surface area contributed by atoms with E-state index in [0.29, 0.717) is 17.9 Å². The number of hydrogen-bond donors (Lipinski definition) is 1. The van der Waals surface area contributed by atoms with Crippen molar-refractivity contribution in [2.45, 2.75) is 44.2 Å². The molecule has 3 heteroatoms. The van der Waals surface area contributed by atoms with Crippen LogP contribution in [0.5, 0.6) is 0 Å². The van der Waals surface area contributed by atoms with Crippen molar-refractivity contribution in [1.29, 1.82) is 0 Å². The fourth-order valence-electron chi connectivity index (χ4n) is 4.00. The molecule has 4 atom stereocenters. The third-order valence-electron chi connectivity index (χ3n) is 4.88. The Bertz CT molecular complexity index is 240. The van der Waals surface area contributed by atoms with Gasteiger partial charge in [-0.05, 0) is 31.6 Å². The van der Waals surface area contributed by atoms with Crippen LogP contribution < -0.4 is 0 Å². The maximum Gasteiger partial charge on any atom is 0.0611 e. The van der Waals surface area contributed by atoms with Crippen molar-refractivity contribution in [2.75, 3.05) is 26.3 Å². The van der Waals surface area contributed by atoms with Gasteiger partial charge < -0.3 is 9.84 Å². The molecule has 2 saturated carbocycles. The molecular weight excluding hydrogens is 202 g/mol. The lowest BCUT2D eigenvalue weighted by Gasteiger charge is -2.49. The van der Waals surface area contributed by atoms with Crippen LogP contribution in [-0.2, 0) is 4.74 Å². The van der Waals surface area contributed by atoms with E-state index in [2.05, 4.69) is 4.90 Å². The summed E-state index contributed by atoms with van der Waals surface area (Å²) in [5.74, 6) is 1.15. The Hall–Kier alpha value is -0.120. The van der Waals surface area contributed by atoms with Gasteiger partial charge in [-0.25, -0.2) is 0 Å². The largest absolute Gasteiger partial charge is 0.392 e. The fourth-order valence-corrected chi connectivity index (χ4v) is 4.00. The summed E-state index contributed by atoms with van der Waals surface area (Å²) < 4.78 is 5.42. The Morgan fingerprint density at radius 2 is 1.81 bits per heavy atom. The van der Waals surface area contributed by atoms with Gasteiger partial charge in [-0.3, -0.25) is 4.90 Å². The molecule has 1 saturated heterocycles. The Balaban J connectivity index is 1.69. The van der Waals surface area contributed by atoms with E-state index >= 15 is 0 Å². The standard InChI is InChI=1S/C13H23NO2/c15-13-10-2-1-3-11(13)12(5-4-10)14-6-8-16-9-7-14/h10-13,15H,1-9H2. The molecule has 2 aliphatic carbocycles. The average Bonchev–Trinajstić information content (AvgIpc) is 2.30. The van der Waals surface area contributed by atoms with E-state index < -0.39 is 0 Å². The highest BCUT2D eigenvalue weighted by Crippen LogP contribution is 2.42. The van der Waals surface area contributed by atoms with Gasteiger partial charge in [0, 0.05) is 25.0 Å². The quantitative estimate of drug-likeness (QED) is 0.729. The first kappa shape index (κ1) is 11.0. The summed E-state index contributed by atoms with van der Waals surface area (Å²) in [6, 6.07) is 0.635. The Labute approximate surface area is 97.8 Å². The van der Waals surface area contributed by atoms with Gasteiger partial charge in [-0.2, -0.15) is 0 Å². The Morgan fingerprint density at radius 1 is 1.00 bits per heavy atom. The molecular formula is C13H23NO2. The number of ether oxygens (including phenoxy) is 1. The molecule has 2 bridgehead atoms. The SMILES string of the molecule is OC1C2CCCC1C(N1CCOCC1)CC2. The number of aliphatic hydroxyl groups excluding tert-OH is 1. The van der Waals surface area contributed by atoms with Gasteiger partial charge >= 0.3 is 0 Å². The Kier molecular flexibility index (Phi) is 3.18. The zero-order valence-corrected chi connectivity index (χ0v) is 9.98. The summed E-state index contributed by atoms with van der Waals surface area (Å²) in [5.41, 5.74) is 0. The van der Waals surface area contributed by atoms with Gasteiger partial charge in [0.25, 0.3) is 0 Å². The summed E-state index contributed by atoms with van der Waals surface area (Å²) in [6.45, 7) is 3.89. The van der Waals surface area contributed by atoms with Gasteiger partial charge in [0.1, 0.15) is 0 Å². The molecule has 1 N–H and O–H groups in total. The third-order valence-corrected chi connectivity index (χ3v) is 4.88. The average molecular weight is 225 g/mol. The lowest BCUT2D eigenvalue weighted by Crippen LogP contribution is -2.54. The first-order valence-corrected chi connectivity index (χ1v) is 6.86. The van der Waals surface area contributed by atoms with Crippen LogP contribution in [0.3, 0.4) is 0 Å². The van der Waals surface area contributed by atoms with Crippen molar-refractivity contribution in [3.05, 3.63) is 0 Å². The van der Waals surface area contributed by atoms with Gasteiger partial charge in [-0.15, -0.1) is 0 Å². The van der Waals surface area contributed by atoms with Crippen LogP contribution in [0, 0.1) is 11.8 Å². The highest BCUT2D eigenvalue weighted by Gasteiger charge is 2.42. The molecule has 0 radical (unpaired) electrons. The van der Waals surface area contributed by atoms with Gasteiger partial charge in [0.05, 0.1) is 19.3 Å². The van der Waals surface area contributed by atoms with E-state index in [9.17, 15) is 5.11 Å². The second-order valence-electron chi connectivity index (χ2n) is 5.64. The lowest BCUT2D eigenvalue weighted by atomic mass is 9.67. The van der Waals surface area contributed by atoms with Gasteiger partial charge in [0.15, 0.2) is 0 Å². The van der Waals surface area contributed by atoms with Crippen molar-refractivity contribution < 1.29 is 9.84 Å².